The van der Waals surface area contributed by atoms with E-state index in [4.69, 9.17) is 0 Å². The van der Waals surface area contributed by atoms with Crippen molar-refractivity contribution in [2.45, 2.75) is 27.7 Å². The maximum absolute atomic E-state index is 4.51. The first kappa shape index (κ1) is 11.9. The monoisotopic (exact) mass is 214 g/mol. The molecule has 3 heteroatoms. The lowest BCUT2D eigenvalue weighted by atomic mass is 9.98. The first-order chi connectivity index (χ1) is 6.59. The highest BCUT2D eigenvalue weighted by Crippen LogP contribution is 2.16. The molecule has 0 aromatic heterocycles. The van der Waals surface area contributed by atoms with Gasteiger partial charge in [0.15, 0.2) is 5.17 Å². The van der Waals surface area contributed by atoms with Crippen LogP contribution in [0.3, 0.4) is 0 Å². The predicted octanol–water partition coefficient (Wildman–Crippen LogP) is 2.61. The third-order valence-corrected chi connectivity index (χ3v) is 4.05. The molecule has 0 aromatic rings. The minimum atomic E-state index is 0.720. The van der Waals surface area contributed by atoms with Gasteiger partial charge in [-0.05, 0) is 17.8 Å². The number of nitrogens with zero attached hydrogens (tertiary/aromatic N) is 1. The zero-order valence-electron chi connectivity index (χ0n) is 9.71. The molecule has 0 saturated heterocycles. The Balaban J connectivity index is 2.25. The number of hydrogen-bond acceptors (Lipinski definition) is 3. The molecule has 0 amide bonds. The second-order valence-corrected chi connectivity index (χ2v) is 5.67. The fraction of sp³-hybridized carbons (Fsp3) is 0.909. The Labute approximate surface area is 92.0 Å². The number of aliphatic imine (C=N–C) groups is 1. The van der Waals surface area contributed by atoms with Gasteiger partial charge in [0.2, 0.25) is 0 Å². The Morgan fingerprint density at radius 3 is 2.71 bits per heavy atom. The first-order valence-electron chi connectivity index (χ1n) is 5.50. The molecule has 14 heavy (non-hydrogen) atoms. The smallest absolute Gasteiger partial charge is 0.156 e. The maximum atomic E-state index is 4.51. The Kier molecular flexibility index (Phi) is 4.79. The van der Waals surface area contributed by atoms with Crippen LogP contribution in [0.5, 0.6) is 0 Å². The van der Waals surface area contributed by atoms with Crippen molar-refractivity contribution in [3.8, 4) is 0 Å². The van der Waals surface area contributed by atoms with Gasteiger partial charge < -0.3 is 5.32 Å². The number of rotatable bonds is 3. The zero-order chi connectivity index (χ0) is 10.6. The highest BCUT2D eigenvalue weighted by atomic mass is 32.2. The highest BCUT2D eigenvalue weighted by Gasteiger charge is 2.13. The first-order valence-corrected chi connectivity index (χ1v) is 6.49. The Morgan fingerprint density at radius 1 is 1.50 bits per heavy atom. The van der Waals surface area contributed by atoms with Crippen LogP contribution < -0.4 is 5.32 Å². The maximum Gasteiger partial charge on any atom is 0.156 e. The number of nitrogens with one attached hydrogen (secondary N) is 1. The molecule has 0 fully saturated rings. The van der Waals surface area contributed by atoms with E-state index in [1.54, 1.807) is 0 Å². The Hall–Kier alpha value is -0.180. The molecule has 1 aliphatic heterocycles. The highest BCUT2D eigenvalue weighted by molar-refractivity contribution is 8.13. The topological polar surface area (TPSA) is 24.4 Å². The SMILES string of the molecule is CC1CN=C(NCC(C)C(C)C)SC1. The molecule has 2 unspecified atom stereocenters. The van der Waals surface area contributed by atoms with Crippen LogP contribution in [0.15, 0.2) is 4.99 Å². The van der Waals surface area contributed by atoms with Crippen LogP contribution in [0.4, 0.5) is 0 Å². The molecule has 1 aliphatic rings. The molecule has 0 aromatic carbocycles. The van der Waals surface area contributed by atoms with Crippen molar-refractivity contribution < 1.29 is 0 Å². The van der Waals surface area contributed by atoms with Gasteiger partial charge >= 0.3 is 0 Å². The average molecular weight is 214 g/mol. The van der Waals surface area contributed by atoms with Crippen LogP contribution in [0, 0.1) is 17.8 Å². The van der Waals surface area contributed by atoms with Gasteiger partial charge in [0, 0.05) is 18.8 Å². The van der Waals surface area contributed by atoms with E-state index >= 15 is 0 Å². The van der Waals surface area contributed by atoms with Gasteiger partial charge in [-0.3, -0.25) is 4.99 Å². The molecule has 0 radical (unpaired) electrons. The van der Waals surface area contributed by atoms with Gasteiger partial charge in [-0.2, -0.15) is 0 Å². The number of thioether (sulfide) groups is 1. The summed E-state index contributed by atoms with van der Waals surface area (Å²) in [6.45, 7) is 11.1. The minimum absolute atomic E-state index is 0.720. The van der Waals surface area contributed by atoms with E-state index in [0.29, 0.717) is 0 Å². The molecule has 1 rings (SSSR count). The van der Waals surface area contributed by atoms with Gasteiger partial charge in [-0.15, -0.1) is 0 Å². The molecule has 2 nitrogen and oxygen atoms in total. The second kappa shape index (κ2) is 5.64. The van der Waals surface area contributed by atoms with E-state index in [1.165, 1.54) is 5.75 Å². The van der Waals surface area contributed by atoms with Crippen LogP contribution in [0.25, 0.3) is 0 Å². The number of hydrogen-bond donors (Lipinski definition) is 1. The molecule has 0 spiro atoms. The molecular formula is C11H22N2S. The van der Waals surface area contributed by atoms with Crippen LogP contribution >= 0.6 is 11.8 Å². The summed E-state index contributed by atoms with van der Waals surface area (Å²) in [5.41, 5.74) is 0. The third kappa shape index (κ3) is 3.91. The fourth-order valence-electron chi connectivity index (χ4n) is 1.15. The van der Waals surface area contributed by atoms with Crippen molar-refractivity contribution in [1.29, 1.82) is 0 Å². The number of amidine groups is 1. The molecule has 2 atom stereocenters. The summed E-state index contributed by atoms with van der Waals surface area (Å²) >= 11 is 1.86. The zero-order valence-corrected chi connectivity index (χ0v) is 10.5. The normalized spacial score (nSPS) is 24.6. The third-order valence-electron chi connectivity index (χ3n) is 2.76. The summed E-state index contributed by atoms with van der Waals surface area (Å²) < 4.78 is 0. The lowest BCUT2D eigenvalue weighted by Crippen LogP contribution is -2.31. The largest absolute Gasteiger partial charge is 0.365 e. The quantitative estimate of drug-likeness (QED) is 0.781. The summed E-state index contributed by atoms with van der Waals surface area (Å²) in [6.07, 6.45) is 0. The molecule has 0 aliphatic carbocycles. The van der Waals surface area contributed by atoms with Crippen LogP contribution in [-0.2, 0) is 0 Å². The van der Waals surface area contributed by atoms with Crippen LogP contribution in [0.1, 0.15) is 27.7 Å². The Bertz CT molecular complexity index is 201. The van der Waals surface area contributed by atoms with Crippen LogP contribution in [0.2, 0.25) is 0 Å². The van der Waals surface area contributed by atoms with Crippen molar-refractivity contribution in [1.82, 2.24) is 5.32 Å². The fourth-order valence-corrected chi connectivity index (χ4v) is 2.05. The molecule has 82 valence electrons. The minimum Gasteiger partial charge on any atom is -0.365 e. The van der Waals surface area contributed by atoms with Gasteiger partial charge in [0.25, 0.3) is 0 Å². The standard InChI is InChI=1S/C11H22N2S/c1-8(2)10(4)6-13-11-12-5-9(3)7-14-11/h8-10H,5-7H2,1-4H3,(H,12,13). The molecule has 1 N–H and O–H groups in total. The van der Waals surface area contributed by atoms with Crippen molar-refractivity contribution in [3.63, 3.8) is 0 Å². The second-order valence-electron chi connectivity index (χ2n) is 4.66. The Morgan fingerprint density at radius 2 is 2.21 bits per heavy atom. The van der Waals surface area contributed by atoms with E-state index in [2.05, 4.69) is 38.0 Å². The van der Waals surface area contributed by atoms with Crippen molar-refractivity contribution >= 4 is 16.9 Å². The van der Waals surface area contributed by atoms with Crippen molar-refractivity contribution in [2.24, 2.45) is 22.7 Å². The lowest BCUT2D eigenvalue weighted by Gasteiger charge is -2.21. The molecule has 1 heterocycles. The lowest BCUT2D eigenvalue weighted by molar-refractivity contribution is 0.416. The summed E-state index contributed by atoms with van der Waals surface area (Å²) in [4.78, 5) is 4.51. The molecule has 0 bridgehead atoms. The van der Waals surface area contributed by atoms with E-state index in [9.17, 15) is 0 Å². The van der Waals surface area contributed by atoms with Crippen molar-refractivity contribution in [3.05, 3.63) is 0 Å². The molecular weight excluding hydrogens is 192 g/mol. The van der Waals surface area contributed by atoms with Gasteiger partial charge in [0.1, 0.15) is 0 Å². The van der Waals surface area contributed by atoms with Gasteiger partial charge in [0.05, 0.1) is 0 Å². The van der Waals surface area contributed by atoms with Crippen molar-refractivity contribution in [2.75, 3.05) is 18.8 Å². The van der Waals surface area contributed by atoms with Gasteiger partial charge in [-0.25, -0.2) is 0 Å². The molecule has 0 saturated carbocycles. The van der Waals surface area contributed by atoms with E-state index in [-0.39, 0.29) is 0 Å². The summed E-state index contributed by atoms with van der Waals surface area (Å²) in [6, 6.07) is 0. The van der Waals surface area contributed by atoms with E-state index in [0.717, 1.165) is 36.0 Å². The summed E-state index contributed by atoms with van der Waals surface area (Å²) in [5, 5.41) is 4.58. The predicted molar refractivity (Wildman–Crippen MR) is 65.9 cm³/mol. The van der Waals surface area contributed by atoms with E-state index in [1.807, 2.05) is 11.8 Å². The average Bonchev–Trinajstić information content (AvgIpc) is 2.16. The summed E-state index contributed by atoms with van der Waals surface area (Å²) in [7, 11) is 0. The van der Waals surface area contributed by atoms with E-state index < -0.39 is 0 Å². The van der Waals surface area contributed by atoms with Gasteiger partial charge in [-0.1, -0.05) is 39.5 Å². The van der Waals surface area contributed by atoms with Crippen LogP contribution in [-0.4, -0.2) is 24.0 Å². The summed E-state index contributed by atoms with van der Waals surface area (Å²) in [5.74, 6) is 3.42.